The summed E-state index contributed by atoms with van der Waals surface area (Å²) in [5.74, 6) is -0.104. The molecule has 2 heterocycles. The average molecular weight is 231 g/mol. The summed E-state index contributed by atoms with van der Waals surface area (Å²) in [5, 5.41) is 9.79. The number of benzene rings is 1. The number of nitrogen functional groups attached to an aromatic ring is 1. The molecule has 0 radical (unpaired) electrons. The third-order valence-corrected chi connectivity index (χ3v) is 3.21. The highest BCUT2D eigenvalue weighted by Crippen LogP contribution is 2.34. The third-order valence-electron chi connectivity index (χ3n) is 2.47. The number of hydrogen-bond donors (Lipinski definition) is 3. The Bertz CT molecular complexity index is 576. The molecule has 0 saturated carbocycles. The molecular formula is C11H9N3OS. The molecule has 0 bridgehead atoms. The highest BCUT2D eigenvalue weighted by molar-refractivity contribution is 7.08. The van der Waals surface area contributed by atoms with Crippen molar-refractivity contribution in [3.8, 4) is 0 Å². The summed E-state index contributed by atoms with van der Waals surface area (Å²) in [7, 11) is 0. The fourth-order valence-corrected chi connectivity index (χ4v) is 2.44. The zero-order valence-electron chi connectivity index (χ0n) is 8.28. The number of rotatable bonds is 0. The van der Waals surface area contributed by atoms with Crippen LogP contribution in [-0.2, 0) is 0 Å². The number of amides is 1. The summed E-state index contributed by atoms with van der Waals surface area (Å²) in [6.45, 7) is 0. The Labute approximate surface area is 96.1 Å². The smallest absolute Gasteiger partial charge is 0.258 e. The monoisotopic (exact) mass is 231 g/mol. The van der Waals surface area contributed by atoms with Gasteiger partial charge in [-0.05, 0) is 18.2 Å². The first-order valence-corrected chi connectivity index (χ1v) is 5.72. The average Bonchev–Trinajstić information content (AvgIpc) is 2.65. The standard InChI is InChI=1S/C11H9N3OS/c12-6-1-2-8-9(3-6)14-11(15)7-4-16-5-10(7)13-8/h1-5,13H,12H2,(H,14,15). The number of anilines is 4. The molecule has 3 rings (SSSR count). The van der Waals surface area contributed by atoms with Gasteiger partial charge in [-0.25, -0.2) is 0 Å². The zero-order valence-corrected chi connectivity index (χ0v) is 9.10. The van der Waals surface area contributed by atoms with E-state index in [1.807, 2.05) is 16.8 Å². The maximum absolute atomic E-state index is 11.9. The molecule has 16 heavy (non-hydrogen) atoms. The normalized spacial score (nSPS) is 13.1. The number of carbonyl (C=O) groups is 1. The first-order valence-electron chi connectivity index (χ1n) is 4.78. The van der Waals surface area contributed by atoms with E-state index >= 15 is 0 Å². The minimum atomic E-state index is -0.104. The first kappa shape index (κ1) is 9.23. The Morgan fingerprint density at radius 1 is 1.06 bits per heavy atom. The van der Waals surface area contributed by atoms with Gasteiger partial charge in [0.25, 0.3) is 5.91 Å². The lowest BCUT2D eigenvalue weighted by atomic mass is 10.2. The topological polar surface area (TPSA) is 67.1 Å². The molecule has 1 aliphatic heterocycles. The molecule has 1 aromatic heterocycles. The summed E-state index contributed by atoms with van der Waals surface area (Å²) in [4.78, 5) is 11.9. The molecule has 2 aromatic rings. The fraction of sp³-hybridized carbons (Fsp3) is 0. The lowest BCUT2D eigenvalue weighted by Gasteiger charge is -2.08. The molecule has 80 valence electrons. The number of nitrogens with one attached hydrogen (secondary N) is 2. The maximum atomic E-state index is 11.9. The molecule has 0 unspecified atom stereocenters. The summed E-state index contributed by atoms with van der Waals surface area (Å²) >= 11 is 1.50. The van der Waals surface area contributed by atoms with E-state index < -0.39 is 0 Å². The van der Waals surface area contributed by atoms with Gasteiger partial charge in [0, 0.05) is 16.4 Å². The van der Waals surface area contributed by atoms with Crippen LogP contribution >= 0.6 is 11.3 Å². The summed E-state index contributed by atoms with van der Waals surface area (Å²) in [6.07, 6.45) is 0. The predicted octanol–water partition coefficient (Wildman–Crippen LogP) is 2.64. The molecular weight excluding hydrogens is 222 g/mol. The summed E-state index contributed by atoms with van der Waals surface area (Å²) in [6, 6.07) is 5.41. The molecule has 5 heteroatoms. The van der Waals surface area contributed by atoms with Crippen LogP contribution in [0.5, 0.6) is 0 Å². The van der Waals surface area contributed by atoms with Crippen LogP contribution < -0.4 is 16.4 Å². The Morgan fingerprint density at radius 3 is 2.81 bits per heavy atom. The molecule has 0 aliphatic carbocycles. The summed E-state index contributed by atoms with van der Waals surface area (Å²) in [5.41, 5.74) is 9.39. The van der Waals surface area contributed by atoms with Crippen molar-refractivity contribution in [3.05, 3.63) is 34.5 Å². The first-order chi connectivity index (χ1) is 7.74. The van der Waals surface area contributed by atoms with Gasteiger partial charge in [-0.15, -0.1) is 11.3 Å². The highest BCUT2D eigenvalue weighted by atomic mass is 32.1. The highest BCUT2D eigenvalue weighted by Gasteiger charge is 2.19. The molecule has 1 amide bonds. The van der Waals surface area contributed by atoms with Crippen molar-refractivity contribution < 1.29 is 4.79 Å². The Hall–Kier alpha value is -2.01. The second-order valence-corrected chi connectivity index (χ2v) is 4.33. The van der Waals surface area contributed by atoms with Crippen LogP contribution in [-0.4, -0.2) is 5.91 Å². The lowest BCUT2D eigenvalue weighted by molar-refractivity contribution is 0.102. The molecule has 4 nitrogen and oxygen atoms in total. The Kier molecular flexibility index (Phi) is 1.87. The Balaban J connectivity index is 2.16. The van der Waals surface area contributed by atoms with Crippen molar-refractivity contribution in [1.82, 2.24) is 0 Å². The number of nitrogens with two attached hydrogens (primary N) is 1. The molecule has 1 aliphatic rings. The van der Waals surface area contributed by atoms with Gasteiger partial charge in [-0.3, -0.25) is 4.79 Å². The van der Waals surface area contributed by atoms with Crippen LogP contribution in [0.4, 0.5) is 22.7 Å². The van der Waals surface area contributed by atoms with Gasteiger partial charge in [-0.2, -0.15) is 0 Å². The predicted molar refractivity (Wildman–Crippen MR) is 66.4 cm³/mol. The van der Waals surface area contributed by atoms with E-state index in [0.29, 0.717) is 16.9 Å². The van der Waals surface area contributed by atoms with Crippen molar-refractivity contribution >= 4 is 40.0 Å². The minimum Gasteiger partial charge on any atom is -0.399 e. The van der Waals surface area contributed by atoms with Gasteiger partial charge in [-0.1, -0.05) is 0 Å². The van der Waals surface area contributed by atoms with E-state index in [2.05, 4.69) is 10.6 Å². The van der Waals surface area contributed by atoms with Crippen molar-refractivity contribution in [3.63, 3.8) is 0 Å². The second-order valence-electron chi connectivity index (χ2n) is 3.58. The largest absolute Gasteiger partial charge is 0.399 e. The third kappa shape index (κ3) is 1.33. The van der Waals surface area contributed by atoms with E-state index in [1.165, 1.54) is 11.3 Å². The van der Waals surface area contributed by atoms with Gasteiger partial charge >= 0.3 is 0 Å². The van der Waals surface area contributed by atoms with Crippen molar-refractivity contribution in [1.29, 1.82) is 0 Å². The van der Waals surface area contributed by atoms with Crippen LogP contribution in [0.25, 0.3) is 0 Å². The van der Waals surface area contributed by atoms with E-state index in [0.717, 1.165) is 11.4 Å². The molecule has 0 saturated heterocycles. The Morgan fingerprint density at radius 2 is 1.94 bits per heavy atom. The van der Waals surface area contributed by atoms with E-state index in [1.54, 1.807) is 12.1 Å². The maximum Gasteiger partial charge on any atom is 0.258 e. The van der Waals surface area contributed by atoms with Gasteiger partial charge < -0.3 is 16.4 Å². The number of thiophene rings is 1. The van der Waals surface area contributed by atoms with Crippen LogP contribution in [0.3, 0.4) is 0 Å². The molecule has 4 N–H and O–H groups in total. The molecule has 0 spiro atoms. The zero-order chi connectivity index (χ0) is 11.1. The van der Waals surface area contributed by atoms with E-state index in [9.17, 15) is 4.79 Å². The van der Waals surface area contributed by atoms with Crippen LogP contribution in [0, 0.1) is 0 Å². The number of hydrogen-bond acceptors (Lipinski definition) is 4. The quantitative estimate of drug-likeness (QED) is 0.610. The van der Waals surface area contributed by atoms with Crippen LogP contribution in [0.2, 0.25) is 0 Å². The van der Waals surface area contributed by atoms with E-state index in [4.69, 9.17) is 5.73 Å². The lowest BCUT2D eigenvalue weighted by Crippen LogP contribution is -2.09. The minimum absolute atomic E-state index is 0.104. The van der Waals surface area contributed by atoms with Crippen molar-refractivity contribution in [2.75, 3.05) is 16.4 Å². The number of carbonyl (C=O) groups excluding carboxylic acids is 1. The van der Waals surface area contributed by atoms with Crippen molar-refractivity contribution in [2.24, 2.45) is 0 Å². The van der Waals surface area contributed by atoms with Crippen molar-refractivity contribution in [2.45, 2.75) is 0 Å². The number of fused-ring (bicyclic) bond motifs is 2. The molecule has 0 fully saturated rings. The SMILES string of the molecule is Nc1ccc2c(c1)NC(=O)c1cscc1N2. The second kappa shape index (κ2) is 3.24. The van der Waals surface area contributed by atoms with Crippen LogP contribution in [0.15, 0.2) is 29.0 Å². The van der Waals surface area contributed by atoms with Gasteiger partial charge in [0.2, 0.25) is 0 Å². The summed E-state index contributed by atoms with van der Waals surface area (Å²) < 4.78 is 0. The van der Waals surface area contributed by atoms with Gasteiger partial charge in [0.15, 0.2) is 0 Å². The van der Waals surface area contributed by atoms with E-state index in [-0.39, 0.29) is 5.91 Å². The molecule has 1 aromatic carbocycles. The van der Waals surface area contributed by atoms with Crippen LogP contribution in [0.1, 0.15) is 10.4 Å². The van der Waals surface area contributed by atoms with Gasteiger partial charge in [0.1, 0.15) is 0 Å². The van der Waals surface area contributed by atoms with Gasteiger partial charge in [0.05, 0.1) is 22.6 Å². The fourth-order valence-electron chi connectivity index (χ4n) is 1.68. The molecule has 0 atom stereocenters.